The summed E-state index contributed by atoms with van der Waals surface area (Å²) in [5, 5.41) is 3.10. The highest BCUT2D eigenvalue weighted by Crippen LogP contribution is 2.18. The molecular formula is C19H26N2OS. The number of hydrogen-bond donors (Lipinski definition) is 1. The minimum atomic E-state index is -0.00293. The van der Waals surface area contributed by atoms with Gasteiger partial charge in [-0.15, -0.1) is 11.3 Å². The Labute approximate surface area is 143 Å². The number of carbonyl (C=O) groups is 1. The van der Waals surface area contributed by atoms with Crippen LogP contribution < -0.4 is 5.32 Å². The van der Waals surface area contributed by atoms with Gasteiger partial charge in [0.15, 0.2) is 0 Å². The van der Waals surface area contributed by atoms with Gasteiger partial charge in [0, 0.05) is 28.8 Å². The van der Waals surface area contributed by atoms with E-state index in [2.05, 4.69) is 36.5 Å². The molecule has 0 aliphatic carbocycles. The molecule has 0 saturated heterocycles. The molecule has 1 N–H and O–H groups in total. The Morgan fingerprint density at radius 2 is 1.96 bits per heavy atom. The quantitative estimate of drug-likeness (QED) is 0.803. The molecule has 124 valence electrons. The highest BCUT2D eigenvalue weighted by atomic mass is 32.1. The predicted molar refractivity (Wildman–Crippen MR) is 97.7 cm³/mol. The number of benzene rings is 1. The molecule has 0 spiro atoms. The maximum atomic E-state index is 12.8. The standard InChI is InChI=1S/C19H26N2OS/c1-15(13-20-3)19(22)21(14-18-10-9-16(2)23-18)12-11-17-7-5-4-6-8-17/h4-10,15,20H,11-14H2,1-3H3. The van der Waals surface area contributed by atoms with Crippen LogP contribution >= 0.6 is 11.3 Å². The van der Waals surface area contributed by atoms with E-state index in [-0.39, 0.29) is 11.8 Å². The van der Waals surface area contributed by atoms with Gasteiger partial charge in [-0.25, -0.2) is 0 Å². The van der Waals surface area contributed by atoms with Crippen LogP contribution in [0.5, 0.6) is 0 Å². The van der Waals surface area contributed by atoms with Gasteiger partial charge in [0.25, 0.3) is 0 Å². The highest BCUT2D eigenvalue weighted by molar-refractivity contribution is 7.11. The molecular weight excluding hydrogens is 304 g/mol. The number of amides is 1. The maximum absolute atomic E-state index is 12.8. The van der Waals surface area contributed by atoms with Crippen molar-refractivity contribution in [1.29, 1.82) is 0 Å². The number of nitrogens with one attached hydrogen (secondary N) is 1. The van der Waals surface area contributed by atoms with E-state index >= 15 is 0 Å². The van der Waals surface area contributed by atoms with E-state index in [0.717, 1.165) is 13.0 Å². The van der Waals surface area contributed by atoms with E-state index in [1.54, 1.807) is 11.3 Å². The van der Waals surface area contributed by atoms with Crippen LogP contribution in [0.2, 0.25) is 0 Å². The number of thiophene rings is 1. The Morgan fingerprint density at radius 1 is 1.22 bits per heavy atom. The van der Waals surface area contributed by atoms with Crippen molar-refractivity contribution in [2.45, 2.75) is 26.8 Å². The topological polar surface area (TPSA) is 32.3 Å². The summed E-state index contributed by atoms with van der Waals surface area (Å²) >= 11 is 1.77. The van der Waals surface area contributed by atoms with Gasteiger partial charge in [-0.05, 0) is 38.1 Å². The molecule has 23 heavy (non-hydrogen) atoms. The van der Waals surface area contributed by atoms with Crippen LogP contribution in [0.4, 0.5) is 0 Å². The summed E-state index contributed by atoms with van der Waals surface area (Å²) < 4.78 is 0. The fourth-order valence-electron chi connectivity index (χ4n) is 2.64. The van der Waals surface area contributed by atoms with Crippen LogP contribution in [0.15, 0.2) is 42.5 Å². The molecule has 0 aliphatic heterocycles. The lowest BCUT2D eigenvalue weighted by Gasteiger charge is -2.25. The zero-order valence-corrected chi connectivity index (χ0v) is 15.0. The highest BCUT2D eigenvalue weighted by Gasteiger charge is 2.20. The van der Waals surface area contributed by atoms with E-state index < -0.39 is 0 Å². The lowest BCUT2D eigenvalue weighted by Crippen LogP contribution is -2.39. The third-order valence-corrected chi connectivity index (χ3v) is 4.88. The minimum Gasteiger partial charge on any atom is -0.337 e. The van der Waals surface area contributed by atoms with Gasteiger partial charge in [-0.2, -0.15) is 0 Å². The van der Waals surface area contributed by atoms with E-state index in [1.807, 2.05) is 37.1 Å². The number of aryl methyl sites for hydroxylation is 1. The Bertz CT molecular complexity index is 609. The van der Waals surface area contributed by atoms with Gasteiger partial charge in [0.2, 0.25) is 5.91 Å². The summed E-state index contributed by atoms with van der Waals surface area (Å²) in [7, 11) is 1.89. The third-order valence-electron chi connectivity index (χ3n) is 3.90. The molecule has 0 aliphatic rings. The molecule has 0 bridgehead atoms. The molecule has 2 rings (SSSR count). The van der Waals surface area contributed by atoms with Crippen LogP contribution in [0.3, 0.4) is 0 Å². The first-order valence-corrected chi connectivity index (χ1v) is 8.94. The van der Waals surface area contributed by atoms with Gasteiger partial charge >= 0.3 is 0 Å². The average Bonchev–Trinajstić information content (AvgIpc) is 2.97. The van der Waals surface area contributed by atoms with Crippen LogP contribution in [0.25, 0.3) is 0 Å². The average molecular weight is 330 g/mol. The van der Waals surface area contributed by atoms with Crippen LogP contribution in [0, 0.1) is 12.8 Å². The Kier molecular flexibility index (Phi) is 6.81. The first-order chi connectivity index (χ1) is 11.1. The second kappa shape index (κ2) is 8.85. The van der Waals surface area contributed by atoms with Crippen molar-refractivity contribution in [3.8, 4) is 0 Å². The Hall–Kier alpha value is -1.65. The van der Waals surface area contributed by atoms with Gasteiger partial charge in [0.1, 0.15) is 0 Å². The number of rotatable bonds is 8. The molecule has 3 nitrogen and oxygen atoms in total. The summed E-state index contributed by atoms with van der Waals surface area (Å²) in [5.41, 5.74) is 1.27. The van der Waals surface area contributed by atoms with Crippen LogP contribution in [-0.4, -0.2) is 30.9 Å². The molecule has 0 fully saturated rings. The summed E-state index contributed by atoms with van der Waals surface area (Å²) in [6, 6.07) is 14.6. The van der Waals surface area contributed by atoms with Crippen LogP contribution in [0.1, 0.15) is 22.2 Å². The van der Waals surface area contributed by atoms with Gasteiger partial charge in [-0.1, -0.05) is 37.3 Å². The largest absolute Gasteiger partial charge is 0.337 e. The molecule has 1 unspecified atom stereocenters. The summed E-state index contributed by atoms with van der Waals surface area (Å²) in [4.78, 5) is 17.3. The molecule has 1 amide bonds. The summed E-state index contributed by atoms with van der Waals surface area (Å²) in [5.74, 6) is 0.221. The van der Waals surface area contributed by atoms with E-state index in [9.17, 15) is 4.79 Å². The smallest absolute Gasteiger partial charge is 0.227 e. The van der Waals surface area contributed by atoms with Crippen LogP contribution in [-0.2, 0) is 17.8 Å². The molecule has 1 aromatic heterocycles. The van der Waals surface area contributed by atoms with E-state index in [1.165, 1.54) is 15.3 Å². The predicted octanol–water partition coefficient (Wildman–Crippen LogP) is 3.48. The first-order valence-electron chi connectivity index (χ1n) is 8.12. The molecule has 1 heterocycles. The van der Waals surface area contributed by atoms with Crippen molar-refractivity contribution >= 4 is 17.2 Å². The Balaban J connectivity index is 2.05. The fraction of sp³-hybridized carbons (Fsp3) is 0.421. The lowest BCUT2D eigenvalue weighted by molar-refractivity contribution is -0.135. The van der Waals surface area contributed by atoms with Gasteiger partial charge in [-0.3, -0.25) is 4.79 Å². The third kappa shape index (κ3) is 5.48. The molecule has 0 saturated carbocycles. The van der Waals surface area contributed by atoms with Crippen molar-refractivity contribution < 1.29 is 4.79 Å². The zero-order chi connectivity index (χ0) is 16.7. The molecule has 1 atom stereocenters. The molecule has 0 radical (unpaired) electrons. The van der Waals surface area contributed by atoms with Crippen molar-refractivity contribution in [2.24, 2.45) is 5.92 Å². The first kappa shape index (κ1) is 17.7. The number of carbonyl (C=O) groups excluding carboxylic acids is 1. The normalized spacial score (nSPS) is 12.1. The van der Waals surface area contributed by atoms with Crippen molar-refractivity contribution in [1.82, 2.24) is 10.2 Å². The zero-order valence-electron chi connectivity index (χ0n) is 14.2. The second-order valence-corrected chi connectivity index (χ2v) is 7.34. The molecule has 1 aromatic carbocycles. The van der Waals surface area contributed by atoms with Crippen molar-refractivity contribution in [3.05, 3.63) is 57.8 Å². The second-order valence-electron chi connectivity index (χ2n) is 5.97. The van der Waals surface area contributed by atoms with E-state index in [0.29, 0.717) is 13.1 Å². The molecule has 4 heteroatoms. The lowest BCUT2D eigenvalue weighted by atomic mass is 10.1. The fourth-order valence-corrected chi connectivity index (χ4v) is 3.55. The Morgan fingerprint density at radius 3 is 2.57 bits per heavy atom. The van der Waals surface area contributed by atoms with Gasteiger partial charge < -0.3 is 10.2 Å². The summed E-state index contributed by atoms with van der Waals surface area (Å²) in [6.07, 6.45) is 0.892. The minimum absolute atomic E-state index is 0.00293. The van der Waals surface area contributed by atoms with E-state index in [4.69, 9.17) is 0 Å². The SMILES string of the molecule is CNCC(C)C(=O)N(CCc1ccccc1)Cc1ccc(C)s1. The van der Waals surface area contributed by atoms with Gasteiger partial charge in [0.05, 0.1) is 6.54 Å². The van der Waals surface area contributed by atoms with Crippen molar-refractivity contribution in [2.75, 3.05) is 20.1 Å². The number of nitrogens with zero attached hydrogens (tertiary/aromatic N) is 1. The summed E-state index contributed by atoms with van der Waals surface area (Å²) in [6.45, 7) is 6.28. The monoisotopic (exact) mass is 330 g/mol. The number of hydrogen-bond acceptors (Lipinski definition) is 3. The molecule has 2 aromatic rings. The van der Waals surface area contributed by atoms with Crippen molar-refractivity contribution in [3.63, 3.8) is 0 Å². The maximum Gasteiger partial charge on any atom is 0.227 e.